The summed E-state index contributed by atoms with van der Waals surface area (Å²) >= 11 is 0. The molecule has 0 bridgehead atoms. The maximum Gasteiger partial charge on any atom is 0.253 e. The first-order valence-corrected chi connectivity index (χ1v) is 9.80. The lowest BCUT2D eigenvalue weighted by atomic mass is 10.1. The smallest absolute Gasteiger partial charge is 0.253 e. The molecule has 1 atom stereocenters. The van der Waals surface area contributed by atoms with E-state index in [-0.39, 0.29) is 17.7 Å². The minimum absolute atomic E-state index is 0.00975. The standard InChI is InChI=1S/C21H23N7O2/c1-29-8-7-24-17-4-2-3-14-9-19(26-12-16(14)17)27-20-13-25-18(10-22)21(28-20)30-15-5-6-23-11-15/h2-4,9,12-13,15,23-24H,5-8,11H2,1H3,(H,26,27,28)/t15-/m1/s1. The Hall–Kier alpha value is -3.48. The number of pyridine rings is 1. The Labute approximate surface area is 174 Å². The van der Waals surface area contributed by atoms with Crippen molar-refractivity contribution in [3.8, 4) is 11.9 Å². The van der Waals surface area contributed by atoms with Gasteiger partial charge in [-0.1, -0.05) is 12.1 Å². The molecule has 0 aliphatic carbocycles. The lowest BCUT2D eigenvalue weighted by Crippen LogP contribution is -2.21. The monoisotopic (exact) mass is 405 g/mol. The second kappa shape index (κ2) is 9.35. The summed E-state index contributed by atoms with van der Waals surface area (Å²) in [7, 11) is 1.68. The highest BCUT2D eigenvalue weighted by Crippen LogP contribution is 2.26. The van der Waals surface area contributed by atoms with Crippen molar-refractivity contribution in [1.82, 2.24) is 20.3 Å². The fourth-order valence-corrected chi connectivity index (χ4v) is 3.29. The van der Waals surface area contributed by atoms with E-state index in [2.05, 4.69) is 30.9 Å². The van der Waals surface area contributed by atoms with Gasteiger partial charge in [-0.15, -0.1) is 0 Å². The molecule has 2 aromatic heterocycles. The van der Waals surface area contributed by atoms with Crippen molar-refractivity contribution in [1.29, 1.82) is 5.26 Å². The normalized spacial score (nSPS) is 15.7. The Morgan fingerprint density at radius 2 is 2.20 bits per heavy atom. The van der Waals surface area contributed by atoms with Crippen LogP contribution >= 0.6 is 0 Å². The topological polar surface area (TPSA) is 117 Å². The van der Waals surface area contributed by atoms with E-state index in [0.29, 0.717) is 18.2 Å². The summed E-state index contributed by atoms with van der Waals surface area (Å²) in [6.07, 6.45) is 4.18. The molecule has 30 heavy (non-hydrogen) atoms. The van der Waals surface area contributed by atoms with Gasteiger partial charge in [-0.25, -0.2) is 9.97 Å². The third-order valence-electron chi connectivity index (χ3n) is 4.78. The first-order chi connectivity index (χ1) is 14.8. The molecule has 3 heterocycles. The first-order valence-electron chi connectivity index (χ1n) is 9.80. The molecule has 1 aliphatic heterocycles. The number of rotatable bonds is 8. The molecule has 0 radical (unpaired) electrons. The van der Waals surface area contributed by atoms with E-state index >= 15 is 0 Å². The summed E-state index contributed by atoms with van der Waals surface area (Å²) in [4.78, 5) is 13.1. The van der Waals surface area contributed by atoms with Gasteiger partial charge in [-0.05, 0) is 30.5 Å². The molecule has 9 nitrogen and oxygen atoms in total. The lowest BCUT2D eigenvalue weighted by molar-refractivity contribution is 0.211. The molecule has 1 aliphatic rings. The minimum atomic E-state index is -0.00975. The second-order valence-electron chi connectivity index (χ2n) is 6.89. The number of hydrogen-bond acceptors (Lipinski definition) is 9. The van der Waals surface area contributed by atoms with E-state index in [9.17, 15) is 5.26 Å². The van der Waals surface area contributed by atoms with Crippen LogP contribution in [0.3, 0.4) is 0 Å². The Bertz CT molecular complexity index is 1060. The maximum absolute atomic E-state index is 9.30. The molecule has 9 heteroatoms. The summed E-state index contributed by atoms with van der Waals surface area (Å²) in [5.74, 6) is 1.34. The number of aromatic nitrogens is 3. The largest absolute Gasteiger partial charge is 0.471 e. The highest BCUT2D eigenvalue weighted by molar-refractivity contribution is 5.94. The lowest BCUT2D eigenvalue weighted by Gasteiger charge is -2.14. The molecule has 4 rings (SSSR count). The third kappa shape index (κ3) is 4.56. The number of nitriles is 1. The fourth-order valence-electron chi connectivity index (χ4n) is 3.29. The van der Waals surface area contributed by atoms with Crippen molar-refractivity contribution in [3.63, 3.8) is 0 Å². The molecule has 3 N–H and O–H groups in total. The number of methoxy groups -OCH3 is 1. The van der Waals surface area contributed by atoms with Gasteiger partial charge in [0.1, 0.15) is 18.0 Å². The molecule has 0 unspecified atom stereocenters. The number of hydrogen-bond donors (Lipinski definition) is 3. The van der Waals surface area contributed by atoms with Crippen molar-refractivity contribution in [2.24, 2.45) is 0 Å². The summed E-state index contributed by atoms with van der Waals surface area (Å²) in [6, 6.07) is 10.0. The van der Waals surface area contributed by atoms with Gasteiger partial charge < -0.3 is 25.4 Å². The third-order valence-corrected chi connectivity index (χ3v) is 4.78. The number of fused-ring (bicyclic) bond motifs is 1. The minimum Gasteiger partial charge on any atom is -0.471 e. The van der Waals surface area contributed by atoms with Gasteiger partial charge in [0, 0.05) is 37.5 Å². The van der Waals surface area contributed by atoms with Crippen LogP contribution in [0.4, 0.5) is 17.3 Å². The van der Waals surface area contributed by atoms with Crippen LogP contribution in [0.5, 0.6) is 5.88 Å². The molecule has 0 amide bonds. The summed E-state index contributed by atoms with van der Waals surface area (Å²) < 4.78 is 11.0. The molecule has 1 saturated heterocycles. The molecular weight excluding hydrogens is 382 g/mol. The van der Waals surface area contributed by atoms with Gasteiger partial charge in [0.25, 0.3) is 5.88 Å². The van der Waals surface area contributed by atoms with Gasteiger partial charge in [-0.2, -0.15) is 10.2 Å². The molecule has 0 spiro atoms. The highest BCUT2D eigenvalue weighted by Gasteiger charge is 2.19. The number of nitrogens with one attached hydrogen (secondary N) is 3. The summed E-state index contributed by atoms with van der Waals surface area (Å²) in [5, 5.41) is 21.1. The van der Waals surface area contributed by atoms with E-state index in [1.807, 2.05) is 36.5 Å². The van der Waals surface area contributed by atoms with E-state index in [1.54, 1.807) is 7.11 Å². The van der Waals surface area contributed by atoms with Crippen LogP contribution in [-0.4, -0.2) is 54.4 Å². The van der Waals surface area contributed by atoms with E-state index in [4.69, 9.17) is 9.47 Å². The molecule has 3 aromatic rings. The van der Waals surface area contributed by atoms with Crippen molar-refractivity contribution >= 4 is 28.1 Å². The Morgan fingerprint density at radius 3 is 3.00 bits per heavy atom. The average Bonchev–Trinajstić information content (AvgIpc) is 3.27. The van der Waals surface area contributed by atoms with Crippen LogP contribution in [0.2, 0.25) is 0 Å². The fraction of sp³-hybridized carbons (Fsp3) is 0.333. The van der Waals surface area contributed by atoms with Crippen LogP contribution in [0.15, 0.2) is 36.7 Å². The number of benzene rings is 1. The molecule has 154 valence electrons. The predicted molar refractivity (Wildman–Crippen MR) is 114 cm³/mol. The van der Waals surface area contributed by atoms with Crippen LogP contribution in [0.25, 0.3) is 10.8 Å². The Morgan fingerprint density at radius 1 is 1.27 bits per heavy atom. The second-order valence-corrected chi connectivity index (χ2v) is 6.89. The van der Waals surface area contributed by atoms with Gasteiger partial charge in [0.15, 0.2) is 5.82 Å². The van der Waals surface area contributed by atoms with E-state index in [0.717, 1.165) is 42.5 Å². The number of ether oxygens (including phenoxy) is 2. The first kappa shape index (κ1) is 19.8. The molecular formula is C21H23N7O2. The SMILES string of the molecule is COCCNc1cccc2cc(Nc3cnc(C#N)c(O[C@@H]4CCNC4)n3)ncc12. The number of nitrogens with zero attached hydrogens (tertiary/aromatic N) is 4. The van der Waals surface area contributed by atoms with Crippen molar-refractivity contribution in [2.45, 2.75) is 12.5 Å². The highest BCUT2D eigenvalue weighted by atomic mass is 16.5. The van der Waals surface area contributed by atoms with Crippen LogP contribution in [0, 0.1) is 11.3 Å². The van der Waals surface area contributed by atoms with Gasteiger partial charge in [0.05, 0.1) is 12.8 Å². The Kier molecular flexibility index (Phi) is 6.17. The Balaban J connectivity index is 1.54. The molecule has 1 aromatic carbocycles. The molecule has 0 saturated carbocycles. The van der Waals surface area contributed by atoms with Gasteiger partial charge in [0.2, 0.25) is 5.69 Å². The van der Waals surface area contributed by atoms with Crippen LogP contribution in [-0.2, 0) is 4.74 Å². The van der Waals surface area contributed by atoms with E-state index < -0.39 is 0 Å². The van der Waals surface area contributed by atoms with Gasteiger partial charge in [-0.3, -0.25) is 0 Å². The number of anilines is 3. The van der Waals surface area contributed by atoms with Crippen molar-refractivity contribution in [2.75, 3.05) is 44.0 Å². The maximum atomic E-state index is 9.30. The predicted octanol–water partition coefficient (Wildman–Crippen LogP) is 2.44. The van der Waals surface area contributed by atoms with Crippen molar-refractivity contribution in [3.05, 3.63) is 42.4 Å². The van der Waals surface area contributed by atoms with Crippen molar-refractivity contribution < 1.29 is 9.47 Å². The zero-order chi connectivity index (χ0) is 20.8. The summed E-state index contributed by atoms with van der Waals surface area (Å²) in [5.41, 5.74) is 1.17. The van der Waals surface area contributed by atoms with Crippen LogP contribution in [0.1, 0.15) is 12.1 Å². The van der Waals surface area contributed by atoms with E-state index in [1.165, 1.54) is 6.20 Å². The summed E-state index contributed by atoms with van der Waals surface area (Å²) in [6.45, 7) is 2.97. The zero-order valence-corrected chi connectivity index (χ0v) is 16.7. The average molecular weight is 405 g/mol. The molecule has 1 fully saturated rings. The quantitative estimate of drug-likeness (QED) is 0.486. The zero-order valence-electron chi connectivity index (χ0n) is 16.7. The van der Waals surface area contributed by atoms with Gasteiger partial charge >= 0.3 is 0 Å². The van der Waals surface area contributed by atoms with Crippen LogP contribution < -0.4 is 20.7 Å².